The van der Waals surface area contributed by atoms with Gasteiger partial charge in [-0.2, -0.15) is 0 Å². The first kappa shape index (κ1) is 13.4. The summed E-state index contributed by atoms with van der Waals surface area (Å²) >= 11 is 1.52. The molecule has 18 heavy (non-hydrogen) atoms. The maximum absolute atomic E-state index is 11.7. The van der Waals surface area contributed by atoms with Gasteiger partial charge in [0.05, 0.1) is 12.4 Å². The predicted octanol–water partition coefficient (Wildman–Crippen LogP) is 2.33. The van der Waals surface area contributed by atoms with E-state index in [1.807, 2.05) is 24.3 Å². The highest BCUT2D eigenvalue weighted by molar-refractivity contribution is 8.00. The summed E-state index contributed by atoms with van der Waals surface area (Å²) < 4.78 is 0. The minimum absolute atomic E-state index is 0.0443. The monoisotopic (exact) mass is 265 g/mol. The van der Waals surface area contributed by atoms with E-state index in [1.165, 1.54) is 24.6 Å². The van der Waals surface area contributed by atoms with Crippen LogP contribution in [-0.4, -0.2) is 22.8 Å². The van der Waals surface area contributed by atoms with Gasteiger partial charge < -0.3 is 10.4 Å². The minimum Gasteiger partial charge on any atom is -0.392 e. The van der Waals surface area contributed by atoms with Crippen molar-refractivity contribution in [3.05, 3.63) is 29.8 Å². The molecular weight excluding hydrogens is 246 g/mol. The van der Waals surface area contributed by atoms with Gasteiger partial charge in [0, 0.05) is 10.9 Å². The maximum Gasteiger partial charge on any atom is 0.230 e. The van der Waals surface area contributed by atoms with Crippen LogP contribution in [0, 0.1) is 0 Å². The highest BCUT2D eigenvalue weighted by atomic mass is 32.2. The zero-order valence-electron chi connectivity index (χ0n) is 10.4. The number of rotatable bonds is 5. The second kappa shape index (κ2) is 6.81. The van der Waals surface area contributed by atoms with Crippen LogP contribution in [0.3, 0.4) is 0 Å². The topological polar surface area (TPSA) is 49.3 Å². The molecule has 1 aromatic rings. The SMILES string of the molecule is O=C(CSc1cccc(CO)c1)NC1CCCC1. The Labute approximate surface area is 112 Å². The fourth-order valence-corrected chi connectivity index (χ4v) is 3.01. The quantitative estimate of drug-likeness (QED) is 0.803. The van der Waals surface area contributed by atoms with Gasteiger partial charge in [-0.15, -0.1) is 11.8 Å². The molecule has 1 aliphatic rings. The molecule has 0 aliphatic heterocycles. The van der Waals surface area contributed by atoms with Gasteiger partial charge in [0.1, 0.15) is 0 Å². The molecule has 1 amide bonds. The molecule has 1 saturated carbocycles. The van der Waals surface area contributed by atoms with E-state index in [0.29, 0.717) is 11.8 Å². The van der Waals surface area contributed by atoms with E-state index >= 15 is 0 Å². The summed E-state index contributed by atoms with van der Waals surface area (Å²) in [5.41, 5.74) is 0.885. The summed E-state index contributed by atoms with van der Waals surface area (Å²) in [6.07, 6.45) is 4.71. The normalized spacial score (nSPS) is 15.8. The maximum atomic E-state index is 11.7. The molecular formula is C14H19NO2S. The molecule has 0 unspecified atom stereocenters. The van der Waals surface area contributed by atoms with Crippen LogP contribution >= 0.6 is 11.8 Å². The Morgan fingerprint density at radius 2 is 2.17 bits per heavy atom. The lowest BCUT2D eigenvalue weighted by Gasteiger charge is -2.11. The predicted molar refractivity (Wildman–Crippen MR) is 73.5 cm³/mol. The second-order valence-electron chi connectivity index (χ2n) is 4.64. The van der Waals surface area contributed by atoms with Crippen LogP contribution in [0.2, 0.25) is 0 Å². The fraction of sp³-hybridized carbons (Fsp3) is 0.500. The summed E-state index contributed by atoms with van der Waals surface area (Å²) in [6, 6.07) is 8.06. The number of thioether (sulfide) groups is 1. The standard InChI is InChI=1S/C14H19NO2S/c16-9-11-4-3-7-13(8-11)18-10-14(17)15-12-5-1-2-6-12/h3-4,7-8,12,16H,1-2,5-6,9-10H2,(H,15,17). The average molecular weight is 265 g/mol. The molecule has 1 aliphatic carbocycles. The van der Waals surface area contributed by atoms with E-state index in [1.54, 1.807) is 0 Å². The van der Waals surface area contributed by atoms with Crippen molar-refractivity contribution in [2.75, 3.05) is 5.75 Å². The van der Waals surface area contributed by atoms with Crippen LogP contribution in [0.5, 0.6) is 0 Å². The zero-order valence-corrected chi connectivity index (χ0v) is 11.2. The summed E-state index contributed by atoms with van der Waals surface area (Å²) in [5.74, 6) is 0.562. The lowest BCUT2D eigenvalue weighted by molar-refractivity contribution is -0.119. The van der Waals surface area contributed by atoms with Gasteiger partial charge in [0.25, 0.3) is 0 Å². The highest BCUT2D eigenvalue weighted by Gasteiger charge is 2.16. The molecule has 98 valence electrons. The Hall–Kier alpha value is -1.00. The van der Waals surface area contributed by atoms with Crippen LogP contribution in [0.25, 0.3) is 0 Å². The molecule has 0 spiro atoms. The van der Waals surface area contributed by atoms with Gasteiger partial charge in [-0.05, 0) is 30.5 Å². The average Bonchev–Trinajstić information content (AvgIpc) is 2.89. The highest BCUT2D eigenvalue weighted by Crippen LogP contribution is 2.20. The van der Waals surface area contributed by atoms with Gasteiger partial charge in [-0.25, -0.2) is 0 Å². The van der Waals surface area contributed by atoms with Crippen LogP contribution in [0.1, 0.15) is 31.2 Å². The second-order valence-corrected chi connectivity index (χ2v) is 5.69. The number of benzene rings is 1. The molecule has 4 heteroatoms. The van der Waals surface area contributed by atoms with E-state index in [2.05, 4.69) is 5.32 Å². The minimum atomic E-state index is 0.0443. The third-order valence-electron chi connectivity index (χ3n) is 3.17. The Kier molecular flexibility index (Phi) is 5.08. The van der Waals surface area contributed by atoms with Crippen molar-refractivity contribution in [3.8, 4) is 0 Å². The first-order valence-corrected chi connectivity index (χ1v) is 7.38. The Morgan fingerprint density at radius 1 is 1.39 bits per heavy atom. The number of hydrogen-bond donors (Lipinski definition) is 2. The van der Waals surface area contributed by atoms with E-state index in [9.17, 15) is 4.79 Å². The smallest absolute Gasteiger partial charge is 0.230 e. The van der Waals surface area contributed by atoms with Crippen molar-refractivity contribution < 1.29 is 9.90 Å². The number of hydrogen-bond acceptors (Lipinski definition) is 3. The van der Waals surface area contributed by atoms with Crippen LogP contribution in [0.15, 0.2) is 29.2 Å². The number of amides is 1. The van der Waals surface area contributed by atoms with Crippen molar-refractivity contribution >= 4 is 17.7 Å². The van der Waals surface area contributed by atoms with Gasteiger partial charge in [0.2, 0.25) is 5.91 Å². The number of aliphatic hydroxyl groups excluding tert-OH is 1. The van der Waals surface area contributed by atoms with Crippen molar-refractivity contribution in [1.82, 2.24) is 5.32 Å². The fourth-order valence-electron chi connectivity index (χ4n) is 2.22. The molecule has 0 heterocycles. The first-order valence-electron chi connectivity index (χ1n) is 6.40. The van der Waals surface area contributed by atoms with E-state index in [-0.39, 0.29) is 12.5 Å². The van der Waals surface area contributed by atoms with Crippen molar-refractivity contribution in [1.29, 1.82) is 0 Å². The molecule has 0 saturated heterocycles. The summed E-state index contributed by atoms with van der Waals surface area (Å²) in [5, 5.41) is 12.1. The lowest BCUT2D eigenvalue weighted by Crippen LogP contribution is -2.33. The van der Waals surface area contributed by atoms with Crippen molar-refractivity contribution in [2.45, 2.75) is 43.2 Å². The Balaban J connectivity index is 1.77. The molecule has 0 aromatic heterocycles. The molecule has 2 N–H and O–H groups in total. The Bertz CT molecular complexity index is 403. The molecule has 0 bridgehead atoms. The summed E-state index contributed by atoms with van der Waals surface area (Å²) in [4.78, 5) is 12.8. The van der Waals surface area contributed by atoms with Crippen LogP contribution < -0.4 is 5.32 Å². The molecule has 0 radical (unpaired) electrons. The third-order valence-corrected chi connectivity index (χ3v) is 4.17. The van der Waals surface area contributed by atoms with Gasteiger partial charge in [-0.1, -0.05) is 25.0 Å². The van der Waals surface area contributed by atoms with Gasteiger partial charge >= 0.3 is 0 Å². The number of nitrogens with one attached hydrogen (secondary N) is 1. The first-order chi connectivity index (χ1) is 8.78. The molecule has 1 aromatic carbocycles. The molecule has 1 fully saturated rings. The molecule has 0 atom stereocenters. The molecule has 2 rings (SSSR count). The van der Waals surface area contributed by atoms with Gasteiger partial charge in [-0.3, -0.25) is 4.79 Å². The summed E-state index contributed by atoms with van der Waals surface area (Å²) in [6.45, 7) is 0.0443. The van der Waals surface area contributed by atoms with Crippen molar-refractivity contribution in [3.63, 3.8) is 0 Å². The van der Waals surface area contributed by atoms with Crippen LogP contribution in [0.4, 0.5) is 0 Å². The number of carbonyl (C=O) groups excluding carboxylic acids is 1. The van der Waals surface area contributed by atoms with Crippen molar-refractivity contribution in [2.24, 2.45) is 0 Å². The molecule has 3 nitrogen and oxygen atoms in total. The number of aliphatic hydroxyl groups is 1. The zero-order chi connectivity index (χ0) is 12.8. The van der Waals surface area contributed by atoms with E-state index in [4.69, 9.17) is 5.11 Å². The number of carbonyl (C=O) groups is 1. The van der Waals surface area contributed by atoms with E-state index < -0.39 is 0 Å². The lowest BCUT2D eigenvalue weighted by atomic mass is 10.2. The van der Waals surface area contributed by atoms with Crippen LogP contribution in [-0.2, 0) is 11.4 Å². The third kappa shape index (κ3) is 4.03. The summed E-state index contributed by atoms with van der Waals surface area (Å²) in [7, 11) is 0. The largest absolute Gasteiger partial charge is 0.392 e. The van der Waals surface area contributed by atoms with Gasteiger partial charge in [0.15, 0.2) is 0 Å². The Morgan fingerprint density at radius 3 is 2.89 bits per heavy atom. The van der Waals surface area contributed by atoms with E-state index in [0.717, 1.165) is 23.3 Å².